The number of hydrogen-bond donors (Lipinski definition) is 1. The highest BCUT2D eigenvalue weighted by Gasteiger charge is 2.20. The van der Waals surface area contributed by atoms with E-state index in [1.807, 2.05) is 5.38 Å². The van der Waals surface area contributed by atoms with E-state index in [1.54, 1.807) is 25.3 Å². The minimum Gasteiger partial charge on any atom is -0.323 e. The highest BCUT2D eigenvalue weighted by molar-refractivity contribution is 7.08. The van der Waals surface area contributed by atoms with Gasteiger partial charge in [-0.1, -0.05) is 13.8 Å². The summed E-state index contributed by atoms with van der Waals surface area (Å²) >= 11 is 1.46. The maximum Gasteiger partial charge on any atom is 0.259 e. The first-order chi connectivity index (χ1) is 6.11. The van der Waals surface area contributed by atoms with Crippen molar-refractivity contribution in [3.05, 3.63) is 16.8 Å². The number of alkyl halides is 1. The van der Waals surface area contributed by atoms with Crippen molar-refractivity contribution in [2.24, 2.45) is 5.92 Å². The molecule has 0 fully saturated rings. The third kappa shape index (κ3) is 2.81. The van der Waals surface area contributed by atoms with Crippen molar-refractivity contribution in [3.8, 4) is 0 Å². The maximum atomic E-state index is 13.1. The van der Waals surface area contributed by atoms with Crippen LogP contribution in [0.5, 0.6) is 0 Å². The van der Waals surface area contributed by atoms with Crippen molar-refractivity contribution in [3.63, 3.8) is 0 Å². The van der Waals surface area contributed by atoms with Gasteiger partial charge in [0.15, 0.2) is 6.17 Å². The predicted octanol–water partition coefficient (Wildman–Crippen LogP) is 2.68. The number of rotatable bonds is 3. The third-order valence-corrected chi connectivity index (χ3v) is 2.31. The molecule has 0 bridgehead atoms. The number of amides is 1. The second-order valence-electron chi connectivity index (χ2n) is 3.15. The Balaban J connectivity index is 2.51. The van der Waals surface area contributed by atoms with Crippen LogP contribution in [0.4, 0.5) is 10.1 Å². The van der Waals surface area contributed by atoms with Crippen molar-refractivity contribution in [1.82, 2.24) is 0 Å². The van der Waals surface area contributed by atoms with Crippen LogP contribution in [0.25, 0.3) is 0 Å². The summed E-state index contributed by atoms with van der Waals surface area (Å²) in [6, 6.07) is 1.75. The standard InChI is InChI=1S/C9H12FNOS/c1-6(2)8(10)9(12)11-7-3-4-13-5-7/h3-6,8H,1-2H3,(H,11,12). The predicted molar refractivity (Wildman–Crippen MR) is 52.7 cm³/mol. The Bertz CT molecular complexity index is 271. The summed E-state index contributed by atoms with van der Waals surface area (Å²) in [5.74, 6) is -0.841. The van der Waals surface area contributed by atoms with Gasteiger partial charge in [0.05, 0.1) is 5.69 Å². The van der Waals surface area contributed by atoms with Gasteiger partial charge >= 0.3 is 0 Å². The summed E-state index contributed by atoms with van der Waals surface area (Å²) in [6.45, 7) is 3.36. The van der Waals surface area contributed by atoms with Crippen molar-refractivity contribution >= 4 is 22.9 Å². The lowest BCUT2D eigenvalue weighted by molar-refractivity contribution is -0.122. The molecule has 1 amide bonds. The number of carbonyl (C=O) groups is 1. The van der Waals surface area contributed by atoms with Crippen molar-refractivity contribution in [2.45, 2.75) is 20.0 Å². The Morgan fingerprint density at radius 1 is 1.62 bits per heavy atom. The van der Waals surface area contributed by atoms with Crippen LogP contribution in [0.15, 0.2) is 16.8 Å². The van der Waals surface area contributed by atoms with Gasteiger partial charge in [-0.05, 0) is 17.4 Å². The molecule has 72 valence electrons. The molecule has 1 rings (SSSR count). The topological polar surface area (TPSA) is 29.1 Å². The van der Waals surface area contributed by atoms with Crippen molar-refractivity contribution < 1.29 is 9.18 Å². The van der Waals surface area contributed by atoms with Gasteiger partial charge in [0.25, 0.3) is 5.91 Å². The van der Waals surface area contributed by atoms with Crippen LogP contribution in [0.2, 0.25) is 0 Å². The Kier molecular flexibility index (Phi) is 3.42. The Morgan fingerprint density at radius 3 is 2.77 bits per heavy atom. The largest absolute Gasteiger partial charge is 0.323 e. The fraction of sp³-hybridized carbons (Fsp3) is 0.444. The van der Waals surface area contributed by atoms with Gasteiger partial charge in [-0.15, -0.1) is 0 Å². The van der Waals surface area contributed by atoms with Crippen LogP contribution in [0.1, 0.15) is 13.8 Å². The zero-order chi connectivity index (χ0) is 9.84. The molecule has 2 nitrogen and oxygen atoms in total. The molecule has 0 aromatic carbocycles. The van der Waals surface area contributed by atoms with Crippen molar-refractivity contribution in [2.75, 3.05) is 5.32 Å². The van der Waals surface area contributed by atoms with Gasteiger partial charge in [0.2, 0.25) is 0 Å². The van der Waals surface area contributed by atoms with Gasteiger partial charge in [-0.2, -0.15) is 11.3 Å². The van der Waals surface area contributed by atoms with Gasteiger partial charge in [-0.3, -0.25) is 4.79 Å². The number of carbonyl (C=O) groups excluding carboxylic acids is 1. The molecule has 0 spiro atoms. The van der Waals surface area contributed by atoms with E-state index >= 15 is 0 Å². The lowest BCUT2D eigenvalue weighted by atomic mass is 10.1. The maximum absolute atomic E-state index is 13.1. The van der Waals surface area contributed by atoms with Gasteiger partial charge in [0, 0.05) is 5.38 Å². The Labute approximate surface area is 80.8 Å². The fourth-order valence-corrected chi connectivity index (χ4v) is 1.44. The third-order valence-electron chi connectivity index (χ3n) is 1.62. The van der Waals surface area contributed by atoms with Crippen molar-refractivity contribution in [1.29, 1.82) is 0 Å². The van der Waals surface area contributed by atoms with Gasteiger partial charge in [0.1, 0.15) is 0 Å². The molecule has 1 atom stereocenters. The van der Waals surface area contributed by atoms with Crippen LogP contribution in [-0.4, -0.2) is 12.1 Å². The second-order valence-corrected chi connectivity index (χ2v) is 3.93. The average molecular weight is 201 g/mol. The molecule has 4 heteroatoms. The highest BCUT2D eigenvalue weighted by atomic mass is 32.1. The summed E-state index contributed by atoms with van der Waals surface area (Å²) in [5, 5.41) is 6.10. The molecule has 13 heavy (non-hydrogen) atoms. The quantitative estimate of drug-likeness (QED) is 0.800. The normalized spacial score (nSPS) is 12.9. The number of hydrogen-bond acceptors (Lipinski definition) is 2. The molecule has 0 aliphatic heterocycles. The average Bonchev–Trinajstić information content (AvgIpc) is 2.55. The van der Waals surface area contributed by atoms with Crippen LogP contribution in [0.3, 0.4) is 0 Å². The number of halogens is 1. The van der Waals surface area contributed by atoms with Crippen LogP contribution in [0, 0.1) is 5.92 Å². The molecular formula is C9H12FNOS. The summed E-state index contributed by atoms with van der Waals surface area (Å²) in [6.07, 6.45) is -1.43. The first kappa shape index (κ1) is 10.2. The van der Waals surface area contributed by atoms with E-state index in [2.05, 4.69) is 5.32 Å². The Morgan fingerprint density at radius 2 is 2.31 bits per heavy atom. The van der Waals surface area contributed by atoms with E-state index in [4.69, 9.17) is 0 Å². The number of anilines is 1. The molecule has 1 aromatic heterocycles. The molecular weight excluding hydrogens is 189 g/mol. The first-order valence-corrected chi connectivity index (χ1v) is 5.02. The number of thiophene rings is 1. The number of nitrogens with one attached hydrogen (secondary N) is 1. The highest BCUT2D eigenvalue weighted by Crippen LogP contribution is 2.14. The van der Waals surface area contributed by atoms with E-state index in [-0.39, 0.29) is 5.92 Å². The Hall–Kier alpha value is -0.900. The molecule has 1 N–H and O–H groups in total. The zero-order valence-electron chi connectivity index (χ0n) is 7.58. The summed E-state index contributed by atoms with van der Waals surface area (Å²) < 4.78 is 13.1. The van der Waals surface area contributed by atoms with E-state index in [0.717, 1.165) is 0 Å². The summed E-state index contributed by atoms with van der Waals surface area (Å²) in [5.41, 5.74) is 0.665. The van der Waals surface area contributed by atoms with E-state index in [0.29, 0.717) is 5.69 Å². The van der Waals surface area contributed by atoms with Crippen LogP contribution >= 0.6 is 11.3 Å². The first-order valence-electron chi connectivity index (χ1n) is 4.08. The zero-order valence-corrected chi connectivity index (χ0v) is 8.40. The SMILES string of the molecule is CC(C)C(F)C(=O)Nc1ccsc1. The van der Waals surface area contributed by atoms with Crippen LogP contribution in [-0.2, 0) is 4.79 Å². The van der Waals surface area contributed by atoms with E-state index < -0.39 is 12.1 Å². The molecule has 0 aliphatic rings. The lowest BCUT2D eigenvalue weighted by Gasteiger charge is -2.10. The van der Waals surface area contributed by atoms with Crippen LogP contribution < -0.4 is 5.32 Å². The minimum absolute atomic E-state index is 0.279. The molecule has 1 heterocycles. The molecule has 1 unspecified atom stereocenters. The summed E-state index contributed by atoms with van der Waals surface area (Å²) in [7, 11) is 0. The molecule has 0 aliphatic carbocycles. The minimum atomic E-state index is -1.43. The molecule has 0 saturated carbocycles. The van der Waals surface area contributed by atoms with Gasteiger partial charge < -0.3 is 5.32 Å². The second kappa shape index (κ2) is 4.37. The monoisotopic (exact) mass is 201 g/mol. The van der Waals surface area contributed by atoms with E-state index in [9.17, 15) is 9.18 Å². The molecule has 1 aromatic rings. The molecule has 0 radical (unpaired) electrons. The fourth-order valence-electron chi connectivity index (χ4n) is 0.850. The van der Waals surface area contributed by atoms with Gasteiger partial charge in [-0.25, -0.2) is 4.39 Å². The smallest absolute Gasteiger partial charge is 0.259 e. The molecule has 0 saturated heterocycles. The summed E-state index contributed by atoms with van der Waals surface area (Å²) in [4.78, 5) is 11.2. The van der Waals surface area contributed by atoms with E-state index in [1.165, 1.54) is 11.3 Å². The lowest BCUT2D eigenvalue weighted by Crippen LogP contribution is -2.28.